The summed E-state index contributed by atoms with van der Waals surface area (Å²) < 4.78 is 5.58. The minimum absolute atomic E-state index is 0.0233. The molecule has 0 N–H and O–H groups in total. The number of ether oxygens (including phenoxy) is 1. The Morgan fingerprint density at radius 1 is 0.455 bits per heavy atom. The number of nitrogens with zero attached hydrogens (tertiary/aromatic N) is 2. The van der Waals surface area contributed by atoms with Gasteiger partial charge in [0, 0.05) is 32.6 Å². The van der Waals surface area contributed by atoms with Crippen molar-refractivity contribution < 1.29 is 19.1 Å². The molecule has 2 aliphatic rings. The van der Waals surface area contributed by atoms with E-state index in [1.54, 1.807) is 41.1 Å². The lowest BCUT2D eigenvalue weighted by Crippen LogP contribution is -2.34. The van der Waals surface area contributed by atoms with Crippen LogP contribution in [0.1, 0.15) is 201 Å². The van der Waals surface area contributed by atoms with Crippen LogP contribution in [0.5, 0.6) is 5.06 Å². The first-order valence-corrected chi connectivity index (χ1v) is 29.1. The van der Waals surface area contributed by atoms with Gasteiger partial charge in [-0.25, -0.2) is 0 Å². The van der Waals surface area contributed by atoms with Crippen molar-refractivity contribution in [3.05, 3.63) is 74.3 Å². The molecule has 2 unspecified atom stereocenters. The molecule has 2 aliphatic heterocycles. The Morgan fingerprint density at radius 2 is 0.803 bits per heavy atom. The Balaban J connectivity index is 1.43. The SMILES string of the molecule is CCCCCCCCC(CCCCCC)CN1C(=O)C2=C(c3ccc(-c4ccc(OC)s4)s3)N(CC(CCCCCC)CCCCCCCC)C(=O)C2=C1c1ccc(-c2ccc(C=O)s2)s1. The molecule has 4 aromatic rings. The number of methoxy groups -OCH3 is 1. The molecule has 10 heteroatoms. The predicted octanol–water partition coefficient (Wildman–Crippen LogP) is 17.6. The van der Waals surface area contributed by atoms with Crippen LogP contribution in [-0.2, 0) is 9.59 Å². The second-order valence-electron chi connectivity index (χ2n) is 18.8. The van der Waals surface area contributed by atoms with Crippen LogP contribution < -0.4 is 4.74 Å². The summed E-state index contributed by atoms with van der Waals surface area (Å²) in [6, 6.07) is 16.6. The minimum Gasteiger partial charge on any atom is -0.487 e. The van der Waals surface area contributed by atoms with Crippen molar-refractivity contribution in [3.63, 3.8) is 0 Å². The molecule has 2 amide bonds. The van der Waals surface area contributed by atoms with Crippen molar-refractivity contribution in [1.82, 2.24) is 9.80 Å². The number of unbranched alkanes of at least 4 members (excludes halogenated alkanes) is 16. The molecule has 6 nitrogen and oxygen atoms in total. The van der Waals surface area contributed by atoms with Gasteiger partial charge in [-0.15, -0.1) is 34.0 Å². The van der Waals surface area contributed by atoms with Crippen molar-refractivity contribution in [3.8, 4) is 24.6 Å². The fourth-order valence-corrected chi connectivity index (χ4v) is 13.8. The highest BCUT2D eigenvalue weighted by Crippen LogP contribution is 2.51. The van der Waals surface area contributed by atoms with Gasteiger partial charge in [-0.05, 0) is 86.1 Å². The van der Waals surface area contributed by atoms with E-state index in [9.17, 15) is 4.79 Å². The number of aldehydes is 1. The first-order chi connectivity index (χ1) is 32.3. The van der Waals surface area contributed by atoms with Crippen LogP contribution in [0.3, 0.4) is 0 Å². The van der Waals surface area contributed by atoms with Gasteiger partial charge in [-0.3, -0.25) is 14.4 Å². The normalized spacial score (nSPS) is 14.9. The van der Waals surface area contributed by atoms with Crippen LogP contribution >= 0.6 is 45.3 Å². The Kier molecular flexibility index (Phi) is 21.8. The zero-order valence-electron chi connectivity index (χ0n) is 40.9. The van der Waals surface area contributed by atoms with E-state index in [2.05, 4.69) is 62.9 Å². The summed E-state index contributed by atoms with van der Waals surface area (Å²) in [4.78, 5) is 54.1. The maximum Gasteiger partial charge on any atom is 0.261 e. The predicted molar refractivity (Wildman–Crippen MR) is 285 cm³/mol. The first-order valence-electron chi connectivity index (χ1n) is 25.9. The topological polar surface area (TPSA) is 66.9 Å². The highest BCUT2D eigenvalue weighted by Gasteiger charge is 2.50. The summed E-state index contributed by atoms with van der Waals surface area (Å²) >= 11 is 6.43. The van der Waals surface area contributed by atoms with Gasteiger partial charge in [0.1, 0.15) is 0 Å². The summed E-state index contributed by atoms with van der Waals surface area (Å²) in [7, 11) is 1.71. The molecule has 0 saturated carbocycles. The van der Waals surface area contributed by atoms with Gasteiger partial charge in [-0.1, -0.05) is 167 Å². The molecule has 0 aromatic carbocycles. The third kappa shape index (κ3) is 13.9. The lowest BCUT2D eigenvalue weighted by atomic mass is 9.93. The number of carbonyl (C=O) groups is 3. The number of carbonyl (C=O) groups excluding carboxylic acids is 3. The molecular formula is C56H78N2O4S4. The van der Waals surface area contributed by atoms with Gasteiger partial charge in [0.15, 0.2) is 11.3 Å². The molecule has 6 heterocycles. The molecule has 360 valence electrons. The number of rotatable bonds is 34. The molecular weight excluding hydrogens is 893 g/mol. The highest BCUT2D eigenvalue weighted by molar-refractivity contribution is 7.24. The fraction of sp³-hybridized carbons (Fsp3) is 0.589. The third-order valence-corrected chi connectivity index (χ3v) is 18.2. The molecule has 0 radical (unpaired) electrons. The summed E-state index contributed by atoms with van der Waals surface area (Å²) in [6.45, 7) is 10.3. The number of hydrogen-bond acceptors (Lipinski definition) is 8. The van der Waals surface area contributed by atoms with Crippen LogP contribution in [0, 0.1) is 11.8 Å². The van der Waals surface area contributed by atoms with E-state index >= 15 is 9.59 Å². The van der Waals surface area contributed by atoms with Crippen molar-refractivity contribution in [2.24, 2.45) is 11.8 Å². The Labute approximate surface area is 413 Å². The molecule has 6 rings (SSSR count). The Hall–Kier alpha value is -3.31. The maximum absolute atomic E-state index is 15.7. The average Bonchev–Trinajstić information content (AvgIpc) is 4.20. The standard InChI is InChI=1S/C56H78N2O4S4/c1-6-10-14-18-20-24-28-41(26-22-16-12-8-3)38-57-53(48-34-32-45(64-48)44-31-30-43(40-59)63-44)51-52(56(57)61)54(49-35-33-46(65-49)47-36-37-50(62-5)66-47)58(55(51)60)39-42(27-23-17-13-9-4)29-25-21-19-15-11-7-2/h30-37,40-42H,6-29,38-39H2,1-5H3. The van der Waals surface area contributed by atoms with E-state index in [0.29, 0.717) is 40.9 Å². The number of thiophene rings is 4. The maximum atomic E-state index is 15.7. The van der Waals surface area contributed by atoms with Crippen molar-refractivity contribution in [2.75, 3.05) is 20.2 Å². The van der Waals surface area contributed by atoms with Crippen molar-refractivity contribution in [1.29, 1.82) is 0 Å². The molecule has 4 aromatic heterocycles. The molecule has 0 spiro atoms. The van der Waals surface area contributed by atoms with Crippen LogP contribution in [0.2, 0.25) is 0 Å². The van der Waals surface area contributed by atoms with E-state index in [1.165, 1.54) is 127 Å². The van der Waals surface area contributed by atoms with E-state index in [1.807, 2.05) is 23.1 Å². The third-order valence-electron chi connectivity index (χ3n) is 13.6. The number of fused-ring (bicyclic) bond motifs is 1. The second-order valence-corrected chi connectivity index (χ2v) is 23.1. The van der Waals surface area contributed by atoms with Gasteiger partial charge in [0.2, 0.25) is 0 Å². The molecule has 66 heavy (non-hydrogen) atoms. The average molecular weight is 972 g/mol. The van der Waals surface area contributed by atoms with Gasteiger partial charge in [0.25, 0.3) is 11.8 Å². The highest BCUT2D eigenvalue weighted by atomic mass is 32.1. The smallest absolute Gasteiger partial charge is 0.261 e. The molecule has 0 bridgehead atoms. The molecule has 2 atom stereocenters. The van der Waals surface area contributed by atoms with Crippen LogP contribution in [0.25, 0.3) is 30.9 Å². The Bertz CT molecular complexity index is 2190. The van der Waals surface area contributed by atoms with Gasteiger partial charge >= 0.3 is 0 Å². The van der Waals surface area contributed by atoms with E-state index < -0.39 is 0 Å². The number of amides is 2. The van der Waals surface area contributed by atoms with Crippen LogP contribution in [0.4, 0.5) is 0 Å². The van der Waals surface area contributed by atoms with Gasteiger partial charge in [0.05, 0.1) is 44.3 Å². The van der Waals surface area contributed by atoms with E-state index in [0.717, 1.165) is 90.5 Å². The van der Waals surface area contributed by atoms with Gasteiger partial charge in [-0.2, -0.15) is 0 Å². The van der Waals surface area contributed by atoms with Crippen molar-refractivity contribution >= 4 is 74.8 Å². The quantitative estimate of drug-likeness (QED) is 0.0346. The lowest BCUT2D eigenvalue weighted by molar-refractivity contribution is -0.124. The minimum atomic E-state index is -0.0233. The molecule has 0 saturated heterocycles. The summed E-state index contributed by atoms with van der Waals surface area (Å²) in [6.07, 6.45) is 29.8. The zero-order valence-corrected chi connectivity index (χ0v) is 44.2. The number of hydrogen-bond donors (Lipinski definition) is 0. The van der Waals surface area contributed by atoms with Crippen molar-refractivity contribution in [2.45, 2.75) is 182 Å². The van der Waals surface area contributed by atoms with Crippen LogP contribution in [-0.4, -0.2) is 48.1 Å². The van der Waals surface area contributed by atoms with E-state index in [-0.39, 0.29) is 11.8 Å². The molecule has 0 fully saturated rings. The first kappa shape index (κ1) is 52.1. The van der Waals surface area contributed by atoms with Crippen LogP contribution in [0.15, 0.2) is 59.7 Å². The zero-order chi connectivity index (χ0) is 46.7. The summed E-state index contributed by atoms with van der Waals surface area (Å²) in [5, 5.41) is 0.863. The molecule has 0 aliphatic carbocycles. The largest absolute Gasteiger partial charge is 0.487 e. The monoisotopic (exact) mass is 970 g/mol. The van der Waals surface area contributed by atoms with E-state index in [4.69, 9.17) is 4.74 Å². The Morgan fingerprint density at radius 3 is 1.20 bits per heavy atom. The summed E-state index contributed by atoms with van der Waals surface area (Å²) in [5.41, 5.74) is 2.78. The second kappa shape index (κ2) is 27.6. The lowest BCUT2D eigenvalue weighted by Gasteiger charge is -2.29. The van der Waals surface area contributed by atoms with Gasteiger partial charge < -0.3 is 14.5 Å². The fourth-order valence-electron chi connectivity index (χ4n) is 9.88. The summed E-state index contributed by atoms with van der Waals surface area (Å²) in [5.74, 6) is 0.654.